The standard InChI is InChI=1S/C15H23FN2/c1-3-8-18(14-10-17-11-14)12(2)9-13-6-4-5-7-15(13)16/h4-7,12,14,17H,3,8-11H2,1-2H3. The van der Waals surface area contributed by atoms with Crippen LogP contribution in [0.15, 0.2) is 24.3 Å². The Morgan fingerprint density at radius 2 is 2.11 bits per heavy atom. The first kappa shape index (κ1) is 13.5. The molecule has 0 spiro atoms. The van der Waals surface area contributed by atoms with Gasteiger partial charge in [0.2, 0.25) is 0 Å². The van der Waals surface area contributed by atoms with E-state index in [4.69, 9.17) is 0 Å². The van der Waals surface area contributed by atoms with Crippen LogP contribution in [0.4, 0.5) is 4.39 Å². The number of nitrogens with zero attached hydrogens (tertiary/aromatic N) is 1. The Morgan fingerprint density at radius 1 is 1.39 bits per heavy atom. The van der Waals surface area contributed by atoms with Crippen molar-refractivity contribution in [2.75, 3.05) is 19.6 Å². The summed E-state index contributed by atoms with van der Waals surface area (Å²) < 4.78 is 13.7. The van der Waals surface area contributed by atoms with Crippen molar-refractivity contribution in [3.8, 4) is 0 Å². The van der Waals surface area contributed by atoms with Gasteiger partial charge in [0.05, 0.1) is 0 Å². The lowest BCUT2D eigenvalue weighted by atomic mass is 10.0. The van der Waals surface area contributed by atoms with Gasteiger partial charge in [-0.3, -0.25) is 4.90 Å². The quantitative estimate of drug-likeness (QED) is 0.834. The molecule has 1 N–H and O–H groups in total. The monoisotopic (exact) mass is 250 g/mol. The van der Waals surface area contributed by atoms with Crippen LogP contribution in [0.25, 0.3) is 0 Å². The van der Waals surface area contributed by atoms with E-state index in [2.05, 4.69) is 24.1 Å². The van der Waals surface area contributed by atoms with Crippen LogP contribution in [-0.2, 0) is 6.42 Å². The fourth-order valence-electron chi connectivity index (χ4n) is 2.63. The Balaban J connectivity index is 2.00. The highest BCUT2D eigenvalue weighted by Crippen LogP contribution is 2.16. The first-order valence-corrected chi connectivity index (χ1v) is 6.92. The molecule has 2 rings (SSSR count). The lowest BCUT2D eigenvalue weighted by Gasteiger charge is -2.42. The molecule has 1 aromatic carbocycles. The van der Waals surface area contributed by atoms with Gasteiger partial charge in [-0.2, -0.15) is 0 Å². The first-order chi connectivity index (χ1) is 8.72. The molecule has 1 aliphatic rings. The Hall–Kier alpha value is -0.930. The molecule has 100 valence electrons. The molecule has 0 aromatic heterocycles. The molecule has 18 heavy (non-hydrogen) atoms. The fourth-order valence-corrected chi connectivity index (χ4v) is 2.63. The summed E-state index contributed by atoms with van der Waals surface area (Å²) in [6.07, 6.45) is 1.95. The Kier molecular flexibility index (Phi) is 4.72. The molecule has 2 nitrogen and oxygen atoms in total. The average molecular weight is 250 g/mol. The van der Waals surface area contributed by atoms with E-state index in [1.54, 1.807) is 12.1 Å². The summed E-state index contributed by atoms with van der Waals surface area (Å²) in [5.41, 5.74) is 0.832. The molecule has 1 fully saturated rings. The zero-order valence-electron chi connectivity index (χ0n) is 11.3. The molecule has 1 unspecified atom stereocenters. The zero-order chi connectivity index (χ0) is 13.0. The predicted octanol–water partition coefficient (Wildman–Crippen LogP) is 2.44. The van der Waals surface area contributed by atoms with E-state index < -0.39 is 0 Å². The van der Waals surface area contributed by atoms with Gasteiger partial charge in [0.25, 0.3) is 0 Å². The molecule has 3 heteroatoms. The summed E-state index contributed by atoms with van der Waals surface area (Å²) in [6, 6.07) is 8.15. The van der Waals surface area contributed by atoms with E-state index in [9.17, 15) is 4.39 Å². The fraction of sp³-hybridized carbons (Fsp3) is 0.600. The second-order valence-electron chi connectivity index (χ2n) is 5.19. The maximum atomic E-state index is 13.7. The maximum absolute atomic E-state index is 13.7. The molecule has 0 aliphatic carbocycles. The van der Waals surface area contributed by atoms with Crippen molar-refractivity contribution in [3.63, 3.8) is 0 Å². The maximum Gasteiger partial charge on any atom is 0.126 e. The second-order valence-corrected chi connectivity index (χ2v) is 5.19. The zero-order valence-corrected chi connectivity index (χ0v) is 11.3. The van der Waals surface area contributed by atoms with Gasteiger partial charge in [0.1, 0.15) is 5.82 Å². The topological polar surface area (TPSA) is 15.3 Å². The van der Waals surface area contributed by atoms with Gasteiger partial charge < -0.3 is 5.32 Å². The molecule has 1 saturated heterocycles. The van der Waals surface area contributed by atoms with Gasteiger partial charge in [0.15, 0.2) is 0 Å². The summed E-state index contributed by atoms with van der Waals surface area (Å²) in [6.45, 7) is 7.65. The smallest absolute Gasteiger partial charge is 0.126 e. The van der Waals surface area contributed by atoms with Crippen LogP contribution in [0.1, 0.15) is 25.8 Å². The summed E-state index contributed by atoms with van der Waals surface area (Å²) in [5.74, 6) is -0.0764. The van der Waals surface area contributed by atoms with Crippen molar-refractivity contribution in [3.05, 3.63) is 35.6 Å². The number of rotatable bonds is 6. The van der Waals surface area contributed by atoms with E-state index in [0.717, 1.165) is 38.0 Å². The largest absolute Gasteiger partial charge is 0.314 e. The number of benzene rings is 1. The van der Waals surface area contributed by atoms with Crippen LogP contribution >= 0.6 is 0 Å². The van der Waals surface area contributed by atoms with Crippen LogP contribution in [0.2, 0.25) is 0 Å². The molecule has 0 bridgehead atoms. The minimum Gasteiger partial charge on any atom is -0.314 e. The van der Waals surface area contributed by atoms with Crippen LogP contribution in [0, 0.1) is 5.82 Å². The molecule has 0 radical (unpaired) electrons. The van der Waals surface area contributed by atoms with Crippen molar-refractivity contribution in [2.24, 2.45) is 0 Å². The van der Waals surface area contributed by atoms with E-state index in [1.807, 2.05) is 12.1 Å². The minimum absolute atomic E-state index is 0.0764. The molecule has 1 aromatic rings. The van der Waals surface area contributed by atoms with Gasteiger partial charge in [-0.25, -0.2) is 4.39 Å². The normalized spacial score (nSPS) is 17.8. The van der Waals surface area contributed by atoms with Gasteiger partial charge in [-0.15, -0.1) is 0 Å². The van der Waals surface area contributed by atoms with Crippen LogP contribution < -0.4 is 5.32 Å². The molecule has 1 atom stereocenters. The third-order valence-corrected chi connectivity index (χ3v) is 3.75. The summed E-state index contributed by atoms with van der Waals surface area (Å²) in [7, 11) is 0. The lowest BCUT2D eigenvalue weighted by Crippen LogP contribution is -2.60. The molecule has 1 heterocycles. The molecule has 0 saturated carbocycles. The number of halogens is 1. The van der Waals surface area contributed by atoms with Gasteiger partial charge in [-0.05, 0) is 37.9 Å². The summed E-state index contributed by atoms with van der Waals surface area (Å²) in [4.78, 5) is 2.52. The van der Waals surface area contributed by atoms with E-state index in [1.165, 1.54) is 0 Å². The number of hydrogen-bond acceptors (Lipinski definition) is 2. The van der Waals surface area contributed by atoms with Crippen LogP contribution in [-0.4, -0.2) is 36.6 Å². The first-order valence-electron chi connectivity index (χ1n) is 6.92. The van der Waals surface area contributed by atoms with Crippen molar-refractivity contribution in [2.45, 2.75) is 38.8 Å². The predicted molar refractivity (Wildman–Crippen MR) is 73.2 cm³/mol. The highest BCUT2D eigenvalue weighted by atomic mass is 19.1. The van der Waals surface area contributed by atoms with Crippen molar-refractivity contribution < 1.29 is 4.39 Å². The third-order valence-electron chi connectivity index (χ3n) is 3.75. The number of hydrogen-bond donors (Lipinski definition) is 1. The second kappa shape index (κ2) is 6.30. The summed E-state index contributed by atoms with van der Waals surface area (Å²) in [5, 5.41) is 3.31. The Morgan fingerprint density at radius 3 is 2.67 bits per heavy atom. The van der Waals surface area contributed by atoms with E-state index >= 15 is 0 Å². The SMILES string of the molecule is CCCN(C(C)Cc1ccccc1F)C1CNC1. The van der Waals surface area contributed by atoms with Crippen LogP contribution in [0.3, 0.4) is 0 Å². The van der Waals surface area contributed by atoms with Gasteiger partial charge in [0, 0.05) is 25.2 Å². The van der Waals surface area contributed by atoms with E-state index in [-0.39, 0.29) is 5.82 Å². The van der Waals surface area contributed by atoms with Crippen molar-refractivity contribution >= 4 is 0 Å². The van der Waals surface area contributed by atoms with Crippen molar-refractivity contribution in [1.29, 1.82) is 0 Å². The average Bonchev–Trinajstić information content (AvgIpc) is 2.29. The molecular weight excluding hydrogens is 227 g/mol. The van der Waals surface area contributed by atoms with Gasteiger partial charge in [-0.1, -0.05) is 25.1 Å². The van der Waals surface area contributed by atoms with Crippen LogP contribution in [0.5, 0.6) is 0 Å². The lowest BCUT2D eigenvalue weighted by molar-refractivity contribution is 0.102. The summed E-state index contributed by atoms with van der Waals surface area (Å²) >= 11 is 0. The molecule has 1 aliphatic heterocycles. The Bertz CT molecular complexity index is 377. The minimum atomic E-state index is -0.0764. The molecular formula is C15H23FN2. The Labute approximate surface area is 109 Å². The molecule has 0 amide bonds. The van der Waals surface area contributed by atoms with E-state index in [0.29, 0.717) is 12.1 Å². The number of nitrogens with one attached hydrogen (secondary N) is 1. The third kappa shape index (κ3) is 3.09. The van der Waals surface area contributed by atoms with Gasteiger partial charge >= 0.3 is 0 Å². The highest BCUT2D eigenvalue weighted by molar-refractivity contribution is 5.18. The van der Waals surface area contributed by atoms with Crippen molar-refractivity contribution in [1.82, 2.24) is 10.2 Å². The highest BCUT2D eigenvalue weighted by Gasteiger charge is 2.27.